The lowest BCUT2D eigenvalue weighted by atomic mass is 10.2. The third-order valence-electron chi connectivity index (χ3n) is 2.94. The summed E-state index contributed by atoms with van der Waals surface area (Å²) in [6.07, 6.45) is -3.62. The first-order chi connectivity index (χ1) is 10.7. The fourth-order valence-electron chi connectivity index (χ4n) is 1.78. The number of nitrogens with two attached hydrogens (primary N) is 1. The van der Waals surface area contributed by atoms with Crippen molar-refractivity contribution in [1.82, 2.24) is 19.9 Å². The highest BCUT2D eigenvalue weighted by Crippen LogP contribution is 2.32. The van der Waals surface area contributed by atoms with Gasteiger partial charge in [-0.2, -0.15) is 13.2 Å². The highest BCUT2D eigenvalue weighted by Gasteiger charge is 2.32. The predicted octanol–water partition coefficient (Wildman–Crippen LogP) is 2.46. The normalized spacial score (nSPS) is 13.1. The van der Waals surface area contributed by atoms with Crippen LogP contribution in [-0.2, 0) is 12.7 Å². The van der Waals surface area contributed by atoms with Crippen molar-refractivity contribution in [2.75, 3.05) is 6.54 Å². The number of halogens is 4. The molecule has 0 spiro atoms. The van der Waals surface area contributed by atoms with E-state index in [-0.39, 0.29) is 29.0 Å². The summed E-state index contributed by atoms with van der Waals surface area (Å²) in [5.74, 6) is 0.779. The summed E-state index contributed by atoms with van der Waals surface area (Å²) >= 11 is 5.83. The van der Waals surface area contributed by atoms with E-state index < -0.39 is 11.7 Å². The zero-order chi connectivity index (χ0) is 17.2. The highest BCUT2D eigenvalue weighted by atomic mass is 35.5. The summed E-state index contributed by atoms with van der Waals surface area (Å²) in [5, 5.41) is 10.4. The van der Waals surface area contributed by atoms with E-state index in [0.717, 1.165) is 12.3 Å². The van der Waals surface area contributed by atoms with E-state index in [4.69, 9.17) is 17.3 Å². The molecule has 6 nitrogen and oxygen atoms in total. The lowest BCUT2D eigenvalue weighted by molar-refractivity contribution is -0.137. The Balaban J connectivity index is 2.28. The summed E-state index contributed by atoms with van der Waals surface area (Å²) in [6.45, 7) is 4.63. The van der Waals surface area contributed by atoms with Crippen LogP contribution in [0.5, 0.6) is 0 Å². The first-order valence-electron chi connectivity index (χ1n) is 6.82. The van der Waals surface area contributed by atoms with Crippen LogP contribution in [0.1, 0.15) is 25.2 Å². The number of hydrogen-bond acceptors (Lipinski definition) is 3. The van der Waals surface area contributed by atoms with Crippen molar-refractivity contribution in [3.63, 3.8) is 0 Å². The van der Waals surface area contributed by atoms with Gasteiger partial charge < -0.3 is 11.1 Å². The molecule has 2 aromatic rings. The number of pyridine rings is 1. The van der Waals surface area contributed by atoms with Crippen LogP contribution in [0.2, 0.25) is 5.02 Å². The number of aliphatic imine (C=N–C) groups is 1. The summed E-state index contributed by atoms with van der Waals surface area (Å²) < 4.78 is 39.7. The zero-order valence-electron chi connectivity index (χ0n) is 12.5. The molecule has 0 aromatic carbocycles. The molecule has 2 rings (SSSR count). The van der Waals surface area contributed by atoms with Crippen molar-refractivity contribution in [3.8, 4) is 0 Å². The number of hydrogen-bond donors (Lipinski definition) is 2. The van der Waals surface area contributed by atoms with Crippen molar-refractivity contribution in [2.45, 2.75) is 26.6 Å². The summed E-state index contributed by atoms with van der Waals surface area (Å²) in [5.41, 5.74) is 4.94. The number of aromatic nitrogens is 3. The second kappa shape index (κ2) is 6.61. The Kier molecular flexibility index (Phi) is 4.98. The van der Waals surface area contributed by atoms with Gasteiger partial charge in [0.15, 0.2) is 17.4 Å². The van der Waals surface area contributed by atoms with Gasteiger partial charge in [-0.1, -0.05) is 25.4 Å². The Hall–Kier alpha value is -2.03. The average molecular weight is 349 g/mol. The topological polar surface area (TPSA) is 80.6 Å². The van der Waals surface area contributed by atoms with E-state index >= 15 is 0 Å². The Bertz CT molecular complexity index is 722. The van der Waals surface area contributed by atoms with Gasteiger partial charge in [-0.3, -0.25) is 4.40 Å². The molecule has 10 heteroatoms. The number of nitrogens with zero attached hydrogens (tertiary/aromatic N) is 4. The minimum atomic E-state index is -4.51. The molecule has 23 heavy (non-hydrogen) atoms. The summed E-state index contributed by atoms with van der Waals surface area (Å²) in [7, 11) is 0. The molecule has 0 bridgehead atoms. The Morgan fingerprint density at radius 3 is 2.74 bits per heavy atom. The Labute approximate surface area is 135 Å². The van der Waals surface area contributed by atoms with Gasteiger partial charge in [-0.25, -0.2) is 4.99 Å². The molecule has 0 amide bonds. The average Bonchev–Trinajstić information content (AvgIpc) is 2.85. The second-order valence-corrected chi connectivity index (χ2v) is 5.77. The van der Waals surface area contributed by atoms with Crippen molar-refractivity contribution in [3.05, 3.63) is 28.7 Å². The molecular formula is C13H16ClF3N6. The van der Waals surface area contributed by atoms with Gasteiger partial charge in [-0.05, 0) is 12.0 Å². The molecular weight excluding hydrogens is 333 g/mol. The van der Waals surface area contributed by atoms with Crippen LogP contribution in [0.4, 0.5) is 13.2 Å². The van der Waals surface area contributed by atoms with Gasteiger partial charge in [0.1, 0.15) is 6.54 Å². The molecule has 0 atom stereocenters. The summed E-state index contributed by atoms with van der Waals surface area (Å²) in [4.78, 5) is 4.05. The van der Waals surface area contributed by atoms with Gasteiger partial charge in [0.2, 0.25) is 0 Å². The van der Waals surface area contributed by atoms with Crippen molar-refractivity contribution >= 4 is 23.2 Å². The van der Waals surface area contributed by atoms with Crippen LogP contribution in [-0.4, -0.2) is 27.1 Å². The lowest BCUT2D eigenvalue weighted by Gasteiger charge is -2.09. The maximum Gasteiger partial charge on any atom is 0.417 e. The largest absolute Gasteiger partial charge is 0.417 e. The molecule has 0 aliphatic heterocycles. The zero-order valence-corrected chi connectivity index (χ0v) is 13.3. The quantitative estimate of drug-likeness (QED) is 0.657. The van der Waals surface area contributed by atoms with Crippen molar-refractivity contribution < 1.29 is 13.2 Å². The van der Waals surface area contributed by atoms with Crippen molar-refractivity contribution in [1.29, 1.82) is 0 Å². The third kappa shape index (κ3) is 4.25. The molecule has 0 saturated heterocycles. The molecule has 126 valence electrons. The molecule has 2 heterocycles. The number of nitrogens with one attached hydrogen (secondary N) is 1. The molecule has 0 radical (unpaired) electrons. The van der Waals surface area contributed by atoms with Crippen LogP contribution >= 0.6 is 11.6 Å². The molecule has 2 aromatic heterocycles. The van der Waals surface area contributed by atoms with Crippen LogP contribution in [0.3, 0.4) is 0 Å². The first-order valence-corrected chi connectivity index (χ1v) is 7.20. The van der Waals surface area contributed by atoms with Gasteiger partial charge in [0.05, 0.1) is 10.6 Å². The standard InChI is InChI=1S/C13H16ClF3N6/c1-7(2)4-19-12(18)20-5-10-21-22-11-9(14)3-8(6-23(10)11)13(15,16)17/h3,6-7H,4-5H2,1-2H3,(H3,18,19,20). The lowest BCUT2D eigenvalue weighted by Crippen LogP contribution is -2.34. The Morgan fingerprint density at radius 1 is 1.43 bits per heavy atom. The molecule has 0 fully saturated rings. The number of rotatable bonds is 4. The minimum absolute atomic E-state index is 0.0181. The molecule has 0 saturated carbocycles. The smallest absolute Gasteiger partial charge is 0.370 e. The van der Waals surface area contributed by atoms with E-state index in [9.17, 15) is 13.2 Å². The maximum absolute atomic E-state index is 12.9. The fraction of sp³-hybridized carbons (Fsp3) is 0.462. The van der Waals surface area contributed by atoms with Gasteiger partial charge in [-0.15, -0.1) is 10.2 Å². The van der Waals surface area contributed by atoms with Crippen LogP contribution in [0, 0.1) is 5.92 Å². The van der Waals surface area contributed by atoms with E-state index in [0.29, 0.717) is 12.5 Å². The number of guanidine groups is 1. The maximum atomic E-state index is 12.9. The van der Waals surface area contributed by atoms with Crippen LogP contribution < -0.4 is 11.1 Å². The van der Waals surface area contributed by atoms with Gasteiger partial charge in [0, 0.05) is 12.7 Å². The SMILES string of the molecule is CC(C)CNC(N)=NCc1nnc2c(Cl)cc(C(F)(F)F)cn12. The number of fused-ring (bicyclic) bond motifs is 1. The second-order valence-electron chi connectivity index (χ2n) is 5.36. The summed E-state index contributed by atoms with van der Waals surface area (Å²) in [6, 6.07) is 0.817. The Morgan fingerprint density at radius 2 is 2.13 bits per heavy atom. The fourth-order valence-corrected chi connectivity index (χ4v) is 2.03. The van der Waals surface area contributed by atoms with Crippen LogP contribution in [0.25, 0.3) is 5.65 Å². The molecule has 0 unspecified atom stereocenters. The van der Waals surface area contributed by atoms with E-state index in [2.05, 4.69) is 20.5 Å². The molecule has 3 N–H and O–H groups in total. The van der Waals surface area contributed by atoms with Gasteiger partial charge in [0.25, 0.3) is 0 Å². The van der Waals surface area contributed by atoms with Gasteiger partial charge >= 0.3 is 6.18 Å². The molecule has 0 aliphatic carbocycles. The third-order valence-corrected chi connectivity index (χ3v) is 3.22. The predicted molar refractivity (Wildman–Crippen MR) is 81.2 cm³/mol. The van der Waals surface area contributed by atoms with E-state index in [1.54, 1.807) is 0 Å². The monoisotopic (exact) mass is 348 g/mol. The number of alkyl halides is 3. The minimum Gasteiger partial charge on any atom is -0.370 e. The highest BCUT2D eigenvalue weighted by molar-refractivity contribution is 6.33. The van der Waals surface area contributed by atoms with Crippen molar-refractivity contribution in [2.24, 2.45) is 16.6 Å². The van der Waals surface area contributed by atoms with E-state index in [1.807, 2.05) is 13.8 Å². The molecule has 0 aliphatic rings. The van der Waals surface area contributed by atoms with E-state index in [1.165, 1.54) is 4.40 Å². The van der Waals surface area contributed by atoms with Crippen LogP contribution in [0.15, 0.2) is 17.3 Å². The first kappa shape index (κ1) is 17.3.